The second kappa shape index (κ2) is 10.2. The molecule has 1 aliphatic rings. The van der Waals surface area contributed by atoms with Crippen molar-refractivity contribution in [3.63, 3.8) is 0 Å². The number of rotatable bonds is 10. The van der Waals surface area contributed by atoms with Crippen LogP contribution in [0.1, 0.15) is 45.1 Å². The lowest BCUT2D eigenvalue weighted by molar-refractivity contribution is -0.151. The fourth-order valence-corrected chi connectivity index (χ4v) is 3.44. The van der Waals surface area contributed by atoms with E-state index in [9.17, 15) is 19.2 Å². The first-order chi connectivity index (χ1) is 13.8. The Morgan fingerprint density at radius 1 is 1.14 bits per heavy atom. The standard InChI is InChI=1S/C20H26ClN3O5/c1-3-9-20(10-4-2)18(27)24(19(28)23-20)12-17(26)29-13-16(25)22-11-14-5-7-15(21)8-6-14/h5-8H,3-4,9-13H2,1-2H3,(H,22,25)(H,23,28). The summed E-state index contributed by atoms with van der Waals surface area (Å²) in [5.41, 5.74) is -0.117. The third-order valence-corrected chi connectivity index (χ3v) is 4.91. The van der Waals surface area contributed by atoms with Crippen molar-refractivity contribution in [1.82, 2.24) is 15.5 Å². The molecule has 0 saturated carbocycles. The van der Waals surface area contributed by atoms with Gasteiger partial charge in [-0.3, -0.25) is 19.3 Å². The third-order valence-electron chi connectivity index (χ3n) is 4.65. The molecule has 0 aromatic heterocycles. The van der Waals surface area contributed by atoms with Crippen LogP contribution < -0.4 is 10.6 Å². The average Bonchev–Trinajstić information content (AvgIpc) is 2.90. The zero-order valence-electron chi connectivity index (χ0n) is 16.6. The number of nitrogens with one attached hydrogen (secondary N) is 2. The summed E-state index contributed by atoms with van der Waals surface area (Å²) < 4.78 is 4.91. The number of imide groups is 1. The fourth-order valence-electron chi connectivity index (χ4n) is 3.31. The van der Waals surface area contributed by atoms with Crippen molar-refractivity contribution in [2.75, 3.05) is 13.2 Å². The van der Waals surface area contributed by atoms with Gasteiger partial charge in [-0.1, -0.05) is 50.4 Å². The molecule has 29 heavy (non-hydrogen) atoms. The van der Waals surface area contributed by atoms with Crippen LogP contribution >= 0.6 is 11.6 Å². The molecule has 158 valence electrons. The Morgan fingerprint density at radius 3 is 2.34 bits per heavy atom. The summed E-state index contributed by atoms with van der Waals surface area (Å²) in [4.78, 5) is 49.7. The van der Waals surface area contributed by atoms with Crippen molar-refractivity contribution >= 4 is 35.4 Å². The summed E-state index contributed by atoms with van der Waals surface area (Å²) in [7, 11) is 0. The zero-order chi connectivity index (χ0) is 21.4. The molecular weight excluding hydrogens is 398 g/mol. The van der Waals surface area contributed by atoms with Crippen LogP contribution in [0.4, 0.5) is 4.79 Å². The van der Waals surface area contributed by atoms with Gasteiger partial charge in [0.1, 0.15) is 12.1 Å². The molecule has 1 fully saturated rings. The largest absolute Gasteiger partial charge is 0.454 e. The summed E-state index contributed by atoms with van der Waals surface area (Å²) in [5.74, 6) is -1.73. The summed E-state index contributed by atoms with van der Waals surface area (Å²) in [5, 5.41) is 5.93. The van der Waals surface area contributed by atoms with Crippen LogP contribution in [0, 0.1) is 0 Å². The number of benzene rings is 1. The highest BCUT2D eigenvalue weighted by Gasteiger charge is 2.50. The molecule has 2 rings (SSSR count). The van der Waals surface area contributed by atoms with Gasteiger partial charge in [0.05, 0.1) is 0 Å². The van der Waals surface area contributed by atoms with Gasteiger partial charge in [0, 0.05) is 11.6 Å². The Balaban J connectivity index is 1.82. The maximum Gasteiger partial charge on any atom is 0.326 e. The predicted molar refractivity (Wildman–Crippen MR) is 107 cm³/mol. The van der Waals surface area contributed by atoms with E-state index >= 15 is 0 Å². The normalized spacial score (nSPS) is 15.2. The lowest BCUT2D eigenvalue weighted by Gasteiger charge is -2.25. The van der Waals surface area contributed by atoms with Gasteiger partial charge in [0.25, 0.3) is 11.8 Å². The van der Waals surface area contributed by atoms with Crippen LogP contribution in [0.2, 0.25) is 5.02 Å². The van der Waals surface area contributed by atoms with Crippen LogP contribution in [0.3, 0.4) is 0 Å². The number of urea groups is 1. The first-order valence-electron chi connectivity index (χ1n) is 9.62. The van der Waals surface area contributed by atoms with Crippen molar-refractivity contribution in [3.05, 3.63) is 34.9 Å². The van der Waals surface area contributed by atoms with Gasteiger partial charge in [-0.05, 0) is 30.5 Å². The van der Waals surface area contributed by atoms with E-state index in [0.29, 0.717) is 17.9 Å². The number of halogens is 1. The van der Waals surface area contributed by atoms with Gasteiger partial charge >= 0.3 is 12.0 Å². The number of carbonyl (C=O) groups excluding carboxylic acids is 4. The second-order valence-corrected chi connectivity index (χ2v) is 7.40. The van der Waals surface area contributed by atoms with Crippen molar-refractivity contribution in [1.29, 1.82) is 0 Å². The maximum atomic E-state index is 12.7. The van der Waals surface area contributed by atoms with Crippen LogP contribution in [-0.2, 0) is 25.7 Å². The highest BCUT2D eigenvalue weighted by molar-refractivity contribution is 6.30. The van der Waals surface area contributed by atoms with Crippen molar-refractivity contribution < 1.29 is 23.9 Å². The quantitative estimate of drug-likeness (QED) is 0.444. The van der Waals surface area contributed by atoms with E-state index < -0.39 is 42.5 Å². The van der Waals surface area contributed by atoms with E-state index in [0.717, 1.165) is 23.3 Å². The molecule has 2 N–H and O–H groups in total. The molecule has 8 nitrogen and oxygen atoms in total. The van der Waals surface area contributed by atoms with Crippen molar-refractivity contribution in [2.24, 2.45) is 0 Å². The van der Waals surface area contributed by atoms with E-state index in [2.05, 4.69) is 10.6 Å². The molecule has 9 heteroatoms. The van der Waals surface area contributed by atoms with E-state index in [1.807, 2.05) is 13.8 Å². The Kier molecular flexibility index (Phi) is 8.01. The molecule has 1 aliphatic heterocycles. The maximum absolute atomic E-state index is 12.7. The number of hydrogen-bond acceptors (Lipinski definition) is 5. The highest BCUT2D eigenvalue weighted by atomic mass is 35.5. The Labute approximate surface area is 174 Å². The predicted octanol–water partition coefficient (Wildman–Crippen LogP) is 2.39. The summed E-state index contributed by atoms with van der Waals surface area (Å²) in [6.45, 7) is 3.10. The van der Waals surface area contributed by atoms with Crippen molar-refractivity contribution in [2.45, 2.75) is 51.6 Å². The SMILES string of the molecule is CCCC1(CCC)NC(=O)N(CC(=O)OCC(=O)NCc2ccc(Cl)cc2)C1=O. The molecule has 0 aliphatic carbocycles. The molecule has 0 radical (unpaired) electrons. The number of esters is 1. The molecule has 0 unspecified atom stereocenters. The average molecular weight is 424 g/mol. The molecule has 0 spiro atoms. The Bertz CT molecular complexity index is 760. The number of carbonyl (C=O) groups is 4. The van der Waals surface area contributed by atoms with Crippen molar-refractivity contribution in [3.8, 4) is 0 Å². The van der Waals surface area contributed by atoms with Gasteiger partial charge in [0.2, 0.25) is 0 Å². The van der Waals surface area contributed by atoms with Crippen LogP contribution in [0.25, 0.3) is 0 Å². The zero-order valence-corrected chi connectivity index (χ0v) is 17.4. The molecule has 1 saturated heterocycles. The molecule has 0 atom stereocenters. The highest BCUT2D eigenvalue weighted by Crippen LogP contribution is 2.27. The van der Waals surface area contributed by atoms with Gasteiger partial charge in [0.15, 0.2) is 6.61 Å². The second-order valence-electron chi connectivity index (χ2n) is 6.97. The number of ether oxygens (including phenoxy) is 1. The monoisotopic (exact) mass is 423 g/mol. The van der Waals surface area contributed by atoms with Crippen LogP contribution in [0.15, 0.2) is 24.3 Å². The number of hydrogen-bond donors (Lipinski definition) is 2. The first kappa shape index (κ1) is 22.7. The number of nitrogens with zero attached hydrogens (tertiary/aromatic N) is 1. The molecular formula is C20H26ClN3O5. The minimum Gasteiger partial charge on any atom is -0.454 e. The van der Waals surface area contributed by atoms with E-state index in [1.54, 1.807) is 24.3 Å². The van der Waals surface area contributed by atoms with Crippen LogP contribution in [-0.4, -0.2) is 47.4 Å². The Hall–Kier alpha value is -2.61. The summed E-state index contributed by atoms with van der Waals surface area (Å²) in [6, 6.07) is 6.34. The molecule has 1 heterocycles. The summed E-state index contributed by atoms with van der Waals surface area (Å²) in [6.07, 6.45) is 2.45. The topological polar surface area (TPSA) is 105 Å². The molecule has 0 bridgehead atoms. The van der Waals surface area contributed by atoms with Gasteiger partial charge < -0.3 is 15.4 Å². The third kappa shape index (κ3) is 5.93. The molecule has 4 amide bonds. The summed E-state index contributed by atoms with van der Waals surface area (Å²) >= 11 is 5.80. The van der Waals surface area contributed by atoms with Gasteiger partial charge in [-0.25, -0.2) is 4.79 Å². The minimum atomic E-state index is -0.961. The van der Waals surface area contributed by atoms with E-state index in [-0.39, 0.29) is 6.54 Å². The molecule has 1 aromatic carbocycles. The van der Waals surface area contributed by atoms with Crippen LogP contribution in [0.5, 0.6) is 0 Å². The Morgan fingerprint density at radius 2 is 1.76 bits per heavy atom. The smallest absolute Gasteiger partial charge is 0.326 e. The van der Waals surface area contributed by atoms with Gasteiger partial charge in [-0.2, -0.15) is 0 Å². The fraction of sp³-hybridized carbons (Fsp3) is 0.500. The first-order valence-corrected chi connectivity index (χ1v) is 10.00. The van der Waals surface area contributed by atoms with E-state index in [1.165, 1.54) is 0 Å². The lowest BCUT2D eigenvalue weighted by Crippen LogP contribution is -2.47. The van der Waals surface area contributed by atoms with Gasteiger partial charge in [-0.15, -0.1) is 0 Å². The molecule has 1 aromatic rings. The van der Waals surface area contributed by atoms with E-state index in [4.69, 9.17) is 16.3 Å². The minimum absolute atomic E-state index is 0.261. The number of amides is 4. The lowest BCUT2D eigenvalue weighted by atomic mass is 9.88.